The van der Waals surface area contributed by atoms with E-state index in [-0.39, 0.29) is 6.54 Å². The molecule has 2 amide bonds. The zero-order valence-electron chi connectivity index (χ0n) is 9.61. The molecule has 2 rings (SSSR count). The molecule has 1 aromatic carbocycles. The van der Waals surface area contributed by atoms with E-state index < -0.39 is 23.8 Å². The van der Waals surface area contributed by atoms with Crippen LogP contribution in [0.2, 0.25) is 10.0 Å². The van der Waals surface area contributed by atoms with Crippen LogP contribution >= 0.6 is 23.2 Å². The van der Waals surface area contributed by atoms with Crippen molar-refractivity contribution in [1.29, 1.82) is 0 Å². The highest BCUT2D eigenvalue weighted by atomic mass is 35.5. The summed E-state index contributed by atoms with van der Waals surface area (Å²) in [5, 5.41) is 12.7. The van der Waals surface area contributed by atoms with Gasteiger partial charge < -0.3 is 10.4 Å². The Kier molecular flexibility index (Phi) is 4.14. The Labute approximate surface area is 119 Å². The number of hydrogen-bond donors (Lipinski definition) is 4. The zero-order valence-corrected chi connectivity index (χ0v) is 11.1. The van der Waals surface area contributed by atoms with Crippen molar-refractivity contribution < 1.29 is 14.7 Å². The summed E-state index contributed by atoms with van der Waals surface area (Å²) in [5.74, 6) is -2.26. The van der Waals surface area contributed by atoms with Crippen LogP contribution in [0.4, 0.5) is 5.69 Å². The van der Waals surface area contributed by atoms with Gasteiger partial charge >= 0.3 is 0 Å². The number of carbonyl (C=O) groups excluding carboxylic acids is 2. The van der Waals surface area contributed by atoms with Crippen LogP contribution in [-0.2, 0) is 9.59 Å². The molecule has 4 N–H and O–H groups in total. The predicted octanol–water partition coefficient (Wildman–Crippen LogP) is 0.543. The van der Waals surface area contributed by atoms with E-state index >= 15 is 0 Å². The van der Waals surface area contributed by atoms with Crippen molar-refractivity contribution >= 4 is 40.7 Å². The molecule has 0 aliphatic carbocycles. The average Bonchev–Trinajstić information content (AvgIpc) is 2.68. The molecule has 19 heavy (non-hydrogen) atoms. The van der Waals surface area contributed by atoms with Gasteiger partial charge in [0.05, 0.1) is 16.8 Å². The summed E-state index contributed by atoms with van der Waals surface area (Å²) in [7, 11) is 0. The first-order valence-corrected chi connectivity index (χ1v) is 6.21. The first kappa shape index (κ1) is 13.9. The lowest BCUT2D eigenvalue weighted by atomic mass is 10.1. The van der Waals surface area contributed by atoms with Gasteiger partial charge in [0.1, 0.15) is 5.92 Å². The third-order valence-electron chi connectivity index (χ3n) is 2.69. The lowest BCUT2D eigenvalue weighted by Crippen LogP contribution is -2.42. The molecular weight excluding hydrogens is 293 g/mol. The van der Waals surface area contributed by atoms with Crippen molar-refractivity contribution in [2.45, 2.75) is 6.10 Å². The van der Waals surface area contributed by atoms with Gasteiger partial charge in [-0.15, -0.1) is 0 Å². The van der Waals surface area contributed by atoms with Crippen LogP contribution in [0.3, 0.4) is 0 Å². The van der Waals surface area contributed by atoms with Gasteiger partial charge in [-0.2, -0.15) is 0 Å². The van der Waals surface area contributed by atoms with Crippen LogP contribution in [-0.4, -0.2) is 29.6 Å². The van der Waals surface area contributed by atoms with Crippen LogP contribution in [0, 0.1) is 5.92 Å². The molecule has 0 bridgehead atoms. The number of benzene rings is 1. The number of halogens is 2. The molecule has 8 heteroatoms. The molecule has 1 fully saturated rings. The van der Waals surface area contributed by atoms with Crippen LogP contribution in [0.1, 0.15) is 0 Å². The maximum atomic E-state index is 11.8. The van der Waals surface area contributed by atoms with E-state index in [0.29, 0.717) is 15.7 Å². The Hall–Kier alpha value is -1.50. The number of hydrogen-bond acceptors (Lipinski definition) is 4. The number of aliphatic hydroxyl groups excluding tert-OH is 1. The first-order valence-electron chi connectivity index (χ1n) is 5.45. The van der Waals surface area contributed by atoms with E-state index in [0.717, 1.165) is 0 Å². The minimum atomic E-state index is -1.13. The summed E-state index contributed by atoms with van der Waals surface area (Å²) in [6, 6.07) is 4.68. The molecule has 1 aliphatic heterocycles. The third kappa shape index (κ3) is 3.09. The molecule has 2 atom stereocenters. The zero-order chi connectivity index (χ0) is 14.0. The number of nitrogens with one attached hydrogen (secondary N) is 3. The number of anilines is 1. The van der Waals surface area contributed by atoms with E-state index in [1.54, 1.807) is 12.1 Å². The van der Waals surface area contributed by atoms with Gasteiger partial charge in [-0.1, -0.05) is 23.2 Å². The second-order valence-corrected chi connectivity index (χ2v) is 4.87. The fourth-order valence-electron chi connectivity index (χ4n) is 1.70. The largest absolute Gasteiger partial charge is 0.390 e. The highest BCUT2D eigenvalue weighted by Gasteiger charge is 2.39. The maximum absolute atomic E-state index is 11.8. The molecule has 0 saturated carbocycles. The SMILES string of the molecule is O=C1NCC(O)C1C(=O)NNc1ccc(Cl)cc1Cl. The van der Waals surface area contributed by atoms with Crippen molar-refractivity contribution in [2.24, 2.45) is 5.92 Å². The Morgan fingerprint density at radius 2 is 2.16 bits per heavy atom. The summed E-state index contributed by atoms with van der Waals surface area (Å²) >= 11 is 11.6. The van der Waals surface area contributed by atoms with Gasteiger partial charge in [0, 0.05) is 11.6 Å². The monoisotopic (exact) mass is 303 g/mol. The molecule has 0 spiro atoms. The fourth-order valence-corrected chi connectivity index (χ4v) is 2.15. The quantitative estimate of drug-likeness (QED) is 0.485. The maximum Gasteiger partial charge on any atom is 0.253 e. The van der Waals surface area contributed by atoms with Crippen LogP contribution < -0.4 is 16.2 Å². The van der Waals surface area contributed by atoms with E-state index in [9.17, 15) is 14.7 Å². The summed E-state index contributed by atoms with van der Waals surface area (Å²) in [4.78, 5) is 23.1. The van der Waals surface area contributed by atoms with Crippen molar-refractivity contribution in [3.63, 3.8) is 0 Å². The molecule has 6 nitrogen and oxygen atoms in total. The van der Waals surface area contributed by atoms with Gasteiger partial charge in [-0.05, 0) is 18.2 Å². The molecule has 1 aliphatic rings. The van der Waals surface area contributed by atoms with Crippen molar-refractivity contribution in [3.05, 3.63) is 28.2 Å². The Morgan fingerprint density at radius 1 is 1.42 bits per heavy atom. The fraction of sp³-hybridized carbons (Fsp3) is 0.273. The molecule has 0 aromatic heterocycles. The molecule has 0 radical (unpaired) electrons. The molecule has 102 valence electrons. The second kappa shape index (κ2) is 5.64. The first-order chi connectivity index (χ1) is 8.99. The van der Waals surface area contributed by atoms with Crippen molar-refractivity contribution in [2.75, 3.05) is 12.0 Å². The van der Waals surface area contributed by atoms with Gasteiger partial charge in [-0.3, -0.25) is 20.4 Å². The van der Waals surface area contributed by atoms with Crippen LogP contribution in [0.15, 0.2) is 18.2 Å². The van der Waals surface area contributed by atoms with Crippen LogP contribution in [0.25, 0.3) is 0 Å². The van der Waals surface area contributed by atoms with Gasteiger partial charge in [0.2, 0.25) is 5.91 Å². The smallest absolute Gasteiger partial charge is 0.253 e. The van der Waals surface area contributed by atoms with E-state index in [1.807, 2.05) is 0 Å². The molecule has 1 aromatic rings. The normalized spacial score (nSPS) is 21.9. The van der Waals surface area contributed by atoms with Gasteiger partial charge in [0.15, 0.2) is 0 Å². The second-order valence-electron chi connectivity index (χ2n) is 4.03. The number of hydrazine groups is 1. The summed E-state index contributed by atoms with van der Waals surface area (Å²) in [6.07, 6.45) is -1.03. The Morgan fingerprint density at radius 3 is 2.74 bits per heavy atom. The lowest BCUT2D eigenvalue weighted by molar-refractivity contribution is -0.135. The predicted molar refractivity (Wildman–Crippen MR) is 70.7 cm³/mol. The number of rotatable bonds is 3. The molecule has 2 unspecified atom stereocenters. The topological polar surface area (TPSA) is 90.5 Å². The summed E-state index contributed by atoms with van der Waals surface area (Å²) in [6.45, 7) is 0.0681. The number of β-amino-alcohol motifs (C(OH)–C–C–N with tert-alkyl or cyclic N) is 1. The van der Waals surface area contributed by atoms with Gasteiger partial charge in [0.25, 0.3) is 5.91 Å². The van der Waals surface area contributed by atoms with Crippen LogP contribution in [0.5, 0.6) is 0 Å². The summed E-state index contributed by atoms with van der Waals surface area (Å²) < 4.78 is 0. The summed E-state index contributed by atoms with van der Waals surface area (Å²) in [5.41, 5.74) is 5.34. The molecular formula is C11H11Cl2N3O3. The highest BCUT2D eigenvalue weighted by molar-refractivity contribution is 6.36. The van der Waals surface area contributed by atoms with Crippen molar-refractivity contribution in [3.8, 4) is 0 Å². The Balaban J connectivity index is 1.98. The minimum absolute atomic E-state index is 0.0681. The number of carbonyl (C=O) groups is 2. The lowest BCUT2D eigenvalue weighted by Gasteiger charge is -2.14. The highest BCUT2D eigenvalue weighted by Crippen LogP contribution is 2.24. The number of aliphatic hydroxyl groups is 1. The van der Waals surface area contributed by atoms with E-state index in [2.05, 4.69) is 16.2 Å². The standard InChI is InChI=1S/C11H11Cl2N3O3/c12-5-1-2-7(6(13)3-5)15-16-11(19)9-8(17)4-14-10(9)18/h1-3,8-9,15,17H,4H2,(H,14,18)(H,16,19). The van der Waals surface area contributed by atoms with E-state index in [1.165, 1.54) is 6.07 Å². The van der Waals surface area contributed by atoms with Gasteiger partial charge in [-0.25, -0.2) is 0 Å². The van der Waals surface area contributed by atoms with Crippen molar-refractivity contribution in [1.82, 2.24) is 10.7 Å². The van der Waals surface area contributed by atoms with E-state index in [4.69, 9.17) is 23.2 Å². The minimum Gasteiger partial charge on any atom is -0.390 e. The Bertz CT molecular complexity index is 524. The average molecular weight is 304 g/mol. The molecule has 1 saturated heterocycles. The molecule has 1 heterocycles. The third-order valence-corrected chi connectivity index (χ3v) is 3.23. The number of amides is 2.